The number of hydrogen-bond acceptors (Lipinski definition) is 3. The van der Waals surface area contributed by atoms with Crippen LogP contribution in [0.2, 0.25) is 0 Å². The molecule has 110 valence electrons. The Morgan fingerprint density at radius 2 is 1.75 bits per heavy atom. The molecule has 0 aliphatic rings. The third-order valence-electron chi connectivity index (χ3n) is 3.08. The number of methoxy groups -OCH3 is 2. The summed E-state index contributed by atoms with van der Waals surface area (Å²) in [7, 11) is 3.26. The molecule has 0 radical (unpaired) electrons. The monoisotopic (exact) mass is 296 g/mol. The Morgan fingerprint density at radius 3 is 2.25 bits per heavy atom. The molecule has 1 aromatic carbocycles. The Kier molecular flexibility index (Phi) is 4.14. The number of imidazole rings is 1. The molecule has 20 heavy (non-hydrogen) atoms. The van der Waals surface area contributed by atoms with E-state index in [0.717, 1.165) is 23.4 Å². The molecule has 2 rings (SSSR count). The Balaban J connectivity index is 2.65. The van der Waals surface area contributed by atoms with Gasteiger partial charge in [-0.05, 0) is 5.41 Å². The summed E-state index contributed by atoms with van der Waals surface area (Å²) >= 11 is 6.03. The molecular weight excluding hydrogens is 276 g/mol. The van der Waals surface area contributed by atoms with E-state index in [2.05, 4.69) is 30.3 Å². The number of fused-ring (bicyclic) bond motifs is 1. The molecular formula is C15H21ClN2O2. The smallest absolute Gasteiger partial charge is 0.163 e. The zero-order valence-corrected chi connectivity index (χ0v) is 13.4. The van der Waals surface area contributed by atoms with Gasteiger partial charge in [0.05, 0.1) is 31.1 Å². The first kappa shape index (κ1) is 15.0. The van der Waals surface area contributed by atoms with Crippen LogP contribution in [0.15, 0.2) is 12.1 Å². The van der Waals surface area contributed by atoms with Gasteiger partial charge in [0.25, 0.3) is 0 Å². The highest BCUT2D eigenvalue weighted by atomic mass is 35.5. The minimum absolute atomic E-state index is 0.140. The van der Waals surface area contributed by atoms with E-state index in [0.29, 0.717) is 17.4 Å². The van der Waals surface area contributed by atoms with Crippen LogP contribution in [0.5, 0.6) is 11.5 Å². The van der Waals surface area contributed by atoms with Crippen LogP contribution < -0.4 is 9.47 Å². The van der Waals surface area contributed by atoms with Gasteiger partial charge in [0.15, 0.2) is 11.5 Å². The second kappa shape index (κ2) is 5.52. The molecule has 1 aromatic heterocycles. The van der Waals surface area contributed by atoms with Gasteiger partial charge in [-0.25, -0.2) is 4.98 Å². The number of hydrogen-bond donors (Lipinski definition) is 0. The van der Waals surface area contributed by atoms with Gasteiger partial charge in [-0.2, -0.15) is 0 Å². The molecule has 0 atom stereocenters. The van der Waals surface area contributed by atoms with Crippen molar-refractivity contribution in [2.24, 2.45) is 5.41 Å². The van der Waals surface area contributed by atoms with E-state index in [-0.39, 0.29) is 5.41 Å². The van der Waals surface area contributed by atoms with Crippen LogP contribution in [0.4, 0.5) is 0 Å². The van der Waals surface area contributed by atoms with E-state index in [1.807, 2.05) is 12.1 Å². The topological polar surface area (TPSA) is 36.3 Å². The van der Waals surface area contributed by atoms with Gasteiger partial charge in [0.1, 0.15) is 5.82 Å². The van der Waals surface area contributed by atoms with Crippen LogP contribution in [-0.2, 0) is 12.4 Å². The Bertz CT molecular complexity index is 614. The van der Waals surface area contributed by atoms with E-state index in [1.165, 1.54) is 0 Å². The van der Waals surface area contributed by atoms with Crippen LogP contribution >= 0.6 is 11.6 Å². The number of nitrogens with zero attached hydrogens (tertiary/aromatic N) is 2. The summed E-state index contributed by atoms with van der Waals surface area (Å²) in [5, 5.41) is 0. The summed E-state index contributed by atoms with van der Waals surface area (Å²) in [4.78, 5) is 4.59. The van der Waals surface area contributed by atoms with Gasteiger partial charge in [-0.1, -0.05) is 20.8 Å². The molecule has 0 N–H and O–H groups in total. The van der Waals surface area contributed by atoms with Gasteiger partial charge >= 0.3 is 0 Å². The van der Waals surface area contributed by atoms with Crippen LogP contribution in [0.1, 0.15) is 26.6 Å². The normalized spacial score (nSPS) is 11.9. The SMILES string of the molecule is COc1cc2nc(CCl)n(CC(C)(C)C)c2cc1OC. The maximum Gasteiger partial charge on any atom is 0.163 e. The van der Waals surface area contributed by atoms with Gasteiger partial charge in [-0.15, -0.1) is 11.6 Å². The van der Waals surface area contributed by atoms with Crippen molar-refractivity contribution in [1.82, 2.24) is 9.55 Å². The van der Waals surface area contributed by atoms with E-state index >= 15 is 0 Å². The van der Waals surface area contributed by atoms with Gasteiger partial charge in [-0.3, -0.25) is 0 Å². The third-order valence-corrected chi connectivity index (χ3v) is 3.32. The molecule has 0 spiro atoms. The van der Waals surface area contributed by atoms with Gasteiger partial charge in [0.2, 0.25) is 0 Å². The Hall–Kier alpha value is -1.42. The number of benzene rings is 1. The summed E-state index contributed by atoms with van der Waals surface area (Å²) in [6.07, 6.45) is 0. The molecule has 0 bridgehead atoms. The second-order valence-corrected chi connectivity index (χ2v) is 6.27. The predicted octanol–water partition coefficient (Wildman–Crippen LogP) is 3.84. The summed E-state index contributed by atoms with van der Waals surface area (Å²) in [6, 6.07) is 3.85. The average molecular weight is 297 g/mol. The number of alkyl halides is 1. The summed E-state index contributed by atoms with van der Waals surface area (Å²) < 4.78 is 12.9. The maximum atomic E-state index is 6.03. The van der Waals surface area contributed by atoms with Crippen LogP contribution in [0.3, 0.4) is 0 Å². The van der Waals surface area contributed by atoms with Crippen molar-refractivity contribution in [2.45, 2.75) is 33.2 Å². The zero-order chi connectivity index (χ0) is 14.9. The number of rotatable bonds is 4. The minimum Gasteiger partial charge on any atom is -0.493 e. The van der Waals surface area contributed by atoms with Crippen molar-refractivity contribution in [3.05, 3.63) is 18.0 Å². The van der Waals surface area contributed by atoms with E-state index in [4.69, 9.17) is 21.1 Å². The van der Waals surface area contributed by atoms with Gasteiger partial charge < -0.3 is 14.0 Å². The van der Waals surface area contributed by atoms with E-state index < -0.39 is 0 Å². The number of ether oxygens (including phenoxy) is 2. The Labute approximate surface area is 124 Å². The summed E-state index contributed by atoms with van der Waals surface area (Å²) in [6.45, 7) is 7.42. The quantitative estimate of drug-likeness (QED) is 0.804. The Morgan fingerprint density at radius 1 is 1.15 bits per heavy atom. The summed E-state index contributed by atoms with van der Waals surface area (Å²) in [5.41, 5.74) is 2.04. The highest BCUT2D eigenvalue weighted by Crippen LogP contribution is 2.33. The second-order valence-electron chi connectivity index (χ2n) is 6.00. The molecule has 5 heteroatoms. The van der Waals surface area contributed by atoms with E-state index in [1.54, 1.807) is 14.2 Å². The highest BCUT2D eigenvalue weighted by Gasteiger charge is 2.19. The first-order valence-corrected chi connectivity index (χ1v) is 7.10. The number of aromatic nitrogens is 2. The van der Waals surface area contributed by atoms with Crippen molar-refractivity contribution in [1.29, 1.82) is 0 Å². The molecule has 0 unspecified atom stereocenters. The minimum atomic E-state index is 0.140. The zero-order valence-electron chi connectivity index (χ0n) is 12.7. The lowest BCUT2D eigenvalue weighted by atomic mass is 9.97. The average Bonchev–Trinajstić information content (AvgIpc) is 2.72. The van der Waals surface area contributed by atoms with Crippen molar-refractivity contribution in [3.8, 4) is 11.5 Å². The third kappa shape index (κ3) is 2.85. The predicted molar refractivity (Wildman–Crippen MR) is 81.8 cm³/mol. The van der Waals surface area contributed by atoms with Crippen molar-refractivity contribution in [2.75, 3.05) is 14.2 Å². The number of halogens is 1. The van der Waals surface area contributed by atoms with Crippen molar-refractivity contribution >= 4 is 22.6 Å². The molecule has 0 saturated heterocycles. The fraction of sp³-hybridized carbons (Fsp3) is 0.533. The molecule has 0 aliphatic carbocycles. The lowest BCUT2D eigenvalue weighted by molar-refractivity contribution is 0.343. The standard InChI is InChI=1S/C15H21ClN2O2/c1-15(2,3)9-18-11-7-13(20-5)12(19-4)6-10(11)17-14(18)8-16/h6-7H,8-9H2,1-5H3. The molecule has 0 aliphatic heterocycles. The molecule has 0 fully saturated rings. The van der Waals surface area contributed by atoms with Gasteiger partial charge in [0, 0.05) is 18.7 Å². The first-order chi connectivity index (χ1) is 9.39. The lowest BCUT2D eigenvalue weighted by Gasteiger charge is -2.21. The molecule has 0 amide bonds. The maximum absolute atomic E-state index is 6.03. The molecule has 4 nitrogen and oxygen atoms in total. The molecule has 2 aromatic rings. The van der Waals surface area contributed by atoms with Crippen molar-refractivity contribution < 1.29 is 9.47 Å². The molecule has 0 saturated carbocycles. The lowest BCUT2D eigenvalue weighted by Crippen LogP contribution is -2.17. The largest absolute Gasteiger partial charge is 0.493 e. The van der Waals surface area contributed by atoms with E-state index in [9.17, 15) is 0 Å². The van der Waals surface area contributed by atoms with Crippen molar-refractivity contribution in [3.63, 3.8) is 0 Å². The fourth-order valence-corrected chi connectivity index (χ4v) is 2.46. The highest BCUT2D eigenvalue weighted by molar-refractivity contribution is 6.16. The van der Waals surface area contributed by atoms with Crippen LogP contribution in [0, 0.1) is 5.41 Å². The first-order valence-electron chi connectivity index (χ1n) is 6.56. The summed E-state index contributed by atoms with van der Waals surface area (Å²) in [5.74, 6) is 2.64. The van der Waals surface area contributed by atoms with Crippen LogP contribution in [0.25, 0.3) is 11.0 Å². The fourth-order valence-electron chi connectivity index (χ4n) is 2.25. The molecule has 1 heterocycles. The van der Waals surface area contributed by atoms with Crippen LogP contribution in [-0.4, -0.2) is 23.8 Å².